The topological polar surface area (TPSA) is 38.3 Å². The number of hydrogen-bond acceptors (Lipinski definition) is 3. The highest BCUT2D eigenvalue weighted by Gasteiger charge is 2.17. The molecule has 0 fully saturated rings. The van der Waals surface area contributed by atoms with Crippen molar-refractivity contribution < 1.29 is 9.53 Å². The van der Waals surface area contributed by atoms with Crippen LogP contribution in [0.25, 0.3) is 0 Å². The molecule has 0 amide bonds. The molecular formula is C12H25NO2. The van der Waals surface area contributed by atoms with E-state index in [-0.39, 0.29) is 12.0 Å². The summed E-state index contributed by atoms with van der Waals surface area (Å²) >= 11 is 0. The van der Waals surface area contributed by atoms with Gasteiger partial charge in [0.15, 0.2) is 0 Å². The Morgan fingerprint density at radius 2 is 1.93 bits per heavy atom. The Morgan fingerprint density at radius 3 is 2.40 bits per heavy atom. The zero-order valence-corrected chi connectivity index (χ0v) is 10.5. The Hall–Kier alpha value is -0.570. The Bertz CT molecular complexity index is 169. The van der Waals surface area contributed by atoms with Crippen LogP contribution >= 0.6 is 0 Å². The molecule has 1 unspecified atom stereocenters. The molecule has 0 saturated carbocycles. The third-order valence-corrected chi connectivity index (χ3v) is 2.26. The second-order valence-electron chi connectivity index (χ2n) is 4.23. The van der Waals surface area contributed by atoms with E-state index in [2.05, 4.69) is 26.1 Å². The second kappa shape index (κ2) is 8.72. The number of esters is 1. The quantitative estimate of drug-likeness (QED) is 0.632. The van der Waals surface area contributed by atoms with Gasteiger partial charge < -0.3 is 10.1 Å². The standard InChI is InChI=1S/C12H25NO2/c1-5-7-11(12(14)15-6-2)13-9-8-10(3)4/h10-11,13H,5-9H2,1-4H3. The summed E-state index contributed by atoms with van der Waals surface area (Å²) in [6.07, 6.45) is 2.95. The van der Waals surface area contributed by atoms with Crippen LogP contribution in [0, 0.1) is 5.92 Å². The van der Waals surface area contributed by atoms with Crippen molar-refractivity contribution in [3.8, 4) is 0 Å². The molecule has 0 rings (SSSR count). The minimum Gasteiger partial charge on any atom is -0.465 e. The number of hydrogen-bond donors (Lipinski definition) is 1. The lowest BCUT2D eigenvalue weighted by molar-refractivity contribution is -0.145. The molecule has 0 aliphatic rings. The van der Waals surface area contributed by atoms with Crippen LogP contribution in [0.15, 0.2) is 0 Å². The molecule has 1 atom stereocenters. The smallest absolute Gasteiger partial charge is 0.323 e. The predicted octanol–water partition coefficient (Wildman–Crippen LogP) is 2.35. The highest BCUT2D eigenvalue weighted by Crippen LogP contribution is 2.02. The first-order valence-electron chi connectivity index (χ1n) is 6.01. The molecular weight excluding hydrogens is 190 g/mol. The summed E-state index contributed by atoms with van der Waals surface area (Å²) in [7, 11) is 0. The number of carbonyl (C=O) groups is 1. The fourth-order valence-corrected chi connectivity index (χ4v) is 1.38. The van der Waals surface area contributed by atoms with Gasteiger partial charge in [-0.15, -0.1) is 0 Å². The number of ether oxygens (including phenoxy) is 1. The molecule has 3 nitrogen and oxygen atoms in total. The Morgan fingerprint density at radius 1 is 1.27 bits per heavy atom. The predicted molar refractivity (Wildman–Crippen MR) is 62.8 cm³/mol. The molecule has 90 valence electrons. The summed E-state index contributed by atoms with van der Waals surface area (Å²) < 4.78 is 5.01. The molecule has 0 aromatic carbocycles. The van der Waals surface area contributed by atoms with Crippen molar-refractivity contribution in [3.05, 3.63) is 0 Å². The van der Waals surface area contributed by atoms with Crippen molar-refractivity contribution in [1.29, 1.82) is 0 Å². The lowest BCUT2D eigenvalue weighted by Gasteiger charge is -2.17. The van der Waals surface area contributed by atoms with E-state index in [1.807, 2.05) is 6.92 Å². The molecule has 0 spiro atoms. The highest BCUT2D eigenvalue weighted by molar-refractivity contribution is 5.75. The lowest BCUT2D eigenvalue weighted by Crippen LogP contribution is -2.38. The fourth-order valence-electron chi connectivity index (χ4n) is 1.38. The van der Waals surface area contributed by atoms with Crippen LogP contribution in [-0.4, -0.2) is 25.2 Å². The molecule has 15 heavy (non-hydrogen) atoms. The van der Waals surface area contributed by atoms with E-state index in [4.69, 9.17) is 4.74 Å². The first-order valence-corrected chi connectivity index (χ1v) is 6.01. The summed E-state index contributed by atoms with van der Waals surface area (Å²) in [4.78, 5) is 11.5. The van der Waals surface area contributed by atoms with E-state index >= 15 is 0 Å². The van der Waals surface area contributed by atoms with Gasteiger partial charge in [0.25, 0.3) is 0 Å². The van der Waals surface area contributed by atoms with E-state index in [9.17, 15) is 4.79 Å². The minimum absolute atomic E-state index is 0.108. The van der Waals surface area contributed by atoms with Gasteiger partial charge in [0, 0.05) is 0 Å². The largest absolute Gasteiger partial charge is 0.465 e. The van der Waals surface area contributed by atoms with Gasteiger partial charge in [-0.05, 0) is 32.2 Å². The third-order valence-electron chi connectivity index (χ3n) is 2.26. The van der Waals surface area contributed by atoms with Crippen molar-refractivity contribution in [2.45, 2.75) is 53.0 Å². The highest BCUT2D eigenvalue weighted by atomic mass is 16.5. The van der Waals surface area contributed by atoms with Gasteiger partial charge in [-0.25, -0.2) is 0 Å². The van der Waals surface area contributed by atoms with E-state index in [1.165, 1.54) is 0 Å². The summed E-state index contributed by atoms with van der Waals surface area (Å²) in [6, 6.07) is -0.117. The summed E-state index contributed by atoms with van der Waals surface area (Å²) in [6.45, 7) is 9.64. The maximum absolute atomic E-state index is 11.5. The van der Waals surface area contributed by atoms with Crippen molar-refractivity contribution in [2.75, 3.05) is 13.2 Å². The van der Waals surface area contributed by atoms with Gasteiger partial charge in [-0.2, -0.15) is 0 Å². The zero-order chi connectivity index (χ0) is 11.7. The van der Waals surface area contributed by atoms with Crippen LogP contribution < -0.4 is 5.32 Å². The van der Waals surface area contributed by atoms with Crippen LogP contribution in [-0.2, 0) is 9.53 Å². The summed E-state index contributed by atoms with van der Waals surface area (Å²) in [5.41, 5.74) is 0. The zero-order valence-electron chi connectivity index (χ0n) is 10.5. The van der Waals surface area contributed by atoms with Crippen molar-refractivity contribution in [3.63, 3.8) is 0 Å². The van der Waals surface area contributed by atoms with Gasteiger partial charge in [0.1, 0.15) is 6.04 Å². The molecule has 1 N–H and O–H groups in total. The third kappa shape index (κ3) is 7.37. The van der Waals surface area contributed by atoms with E-state index in [1.54, 1.807) is 0 Å². The van der Waals surface area contributed by atoms with Crippen LogP contribution in [0.4, 0.5) is 0 Å². The summed E-state index contributed by atoms with van der Waals surface area (Å²) in [5.74, 6) is 0.560. The van der Waals surface area contributed by atoms with E-state index in [0.717, 1.165) is 25.8 Å². The molecule has 3 heteroatoms. The Labute approximate surface area is 93.6 Å². The lowest BCUT2D eigenvalue weighted by atomic mass is 10.1. The molecule has 0 heterocycles. The van der Waals surface area contributed by atoms with Gasteiger partial charge in [0.2, 0.25) is 0 Å². The van der Waals surface area contributed by atoms with E-state index in [0.29, 0.717) is 12.5 Å². The first kappa shape index (κ1) is 14.4. The average Bonchev–Trinajstić information content (AvgIpc) is 2.16. The van der Waals surface area contributed by atoms with Crippen LogP contribution in [0.2, 0.25) is 0 Å². The van der Waals surface area contributed by atoms with Crippen LogP contribution in [0.3, 0.4) is 0 Å². The SMILES string of the molecule is CCCC(NCCC(C)C)C(=O)OCC. The number of rotatable bonds is 8. The monoisotopic (exact) mass is 215 g/mol. The van der Waals surface area contributed by atoms with Crippen LogP contribution in [0.1, 0.15) is 47.0 Å². The Kier molecular flexibility index (Phi) is 8.38. The summed E-state index contributed by atoms with van der Waals surface area (Å²) in [5, 5.41) is 3.26. The van der Waals surface area contributed by atoms with Crippen molar-refractivity contribution in [1.82, 2.24) is 5.32 Å². The van der Waals surface area contributed by atoms with E-state index < -0.39 is 0 Å². The van der Waals surface area contributed by atoms with Gasteiger partial charge in [0.05, 0.1) is 6.61 Å². The fraction of sp³-hybridized carbons (Fsp3) is 0.917. The van der Waals surface area contributed by atoms with Crippen molar-refractivity contribution >= 4 is 5.97 Å². The molecule has 0 aromatic rings. The average molecular weight is 215 g/mol. The molecule has 0 aromatic heterocycles. The minimum atomic E-state index is -0.117. The van der Waals surface area contributed by atoms with Gasteiger partial charge in [-0.1, -0.05) is 27.2 Å². The first-order chi connectivity index (χ1) is 7.11. The maximum atomic E-state index is 11.5. The normalized spacial score (nSPS) is 12.9. The molecule has 0 aliphatic heterocycles. The van der Waals surface area contributed by atoms with Crippen LogP contribution in [0.5, 0.6) is 0 Å². The second-order valence-corrected chi connectivity index (χ2v) is 4.23. The van der Waals surface area contributed by atoms with Crippen molar-refractivity contribution in [2.24, 2.45) is 5.92 Å². The van der Waals surface area contributed by atoms with Gasteiger partial charge in [-0.3, -0.25) is 4.79 Å². The molecule has 0 aliphatic carbocycles. The number of nitrogens with one attached hydrogen (secondary N) is 1. The Balaban J connectivity index is 3.87. The maximum Gasteiger partial charge on any atom is 0.323 e. The molecule has 0 radical (unpaired) electrons. The number of carbonyl (C=O) groups excluding carboxylic acids is 1. The molecule has 0 bridgehead atoms. The molecule has 0 saturated heterocycles. The van der Waals surface area contributed by atoms with Gasteiger partial charge >= 0.3 is 5.97 Å².